The third-order valence-electron chi connectivity index (χ3n) is 9.14. The average Bonchev–Trinajstić information content (AvgIpc) is 3.43. The monoisotopic (exact) mass is 557 g/mol. The van der Waals surface area contributed by atoms with Gasteiger partial charge in [0.25, 0.3) is 0 Å². The van der Waals surface area contributed by atoms with Crippen molar-refractivity contribution >= 4 is 23.4 Å². The highest BCUT2D eigenvalue weighted by atomic mass is 16.5. The Kier molecular flexibility index (Phi) is 9.15. The summed E-state index contributed by atoms with van der Waals surface area (Å²) in [7, 11) is 0. The van der Waals surface area contributed by atoms with Crippen LogP contribution in [0.3, 0.4) is 0 Å². The van der Waals surface area contributed by atoms with Crippen LogP contribution < -0.4 is 15.4 Å². The highest BCUT2D eigenvalue weighted by molar-refractivity contribution is 6.02. The van der Waals surface area contributed by atoms with E-state index in [0.717, 1.165) is 19.3 Å². The first-order valence-electron chi connectivity index (χ1n) is 15.0. The fourth-order valence-electron chi connectivity index (χ4n) is 7.29. The van der Waals surface area contributed by atoms with Gasteiger partial charge >= 0.3 is 0 Å². The third-order valence-corrected chi connectivity index (χ3v) is 9.14. The third kappa shape index (κ3) is 5.22. The van der Waals surface area contributed by atoms with Crippen molar-refractivity contribution in [1.29, 1.82) is 0 Å². The molecule has 3 unspecified atom stereocenters. The van der Waals surface area contributed by atoms with Crippen molar-refractivity contribution in [3.05, 3.63) is 24.3 Å². The van der Waals surface area contributed by atoms with E-state index in [1.807, 2.05) is 34.6 Å². The van der Waals surface area contributed by atoms with Crippen LogP contribution >= 0.6 is 0 Å². The molecule has 3 heterocycles. The first kappa shape index (κ1) is 30.3. The molecule has 3 saturated heterocycles. The molecule has 1 aromatic rings. The summed E-state index contributed by atoms with van der Waals surface area (Å²) < 4.78 is 12.3. The smallest absolute Gasteiger partial charge is 0.245 e. The van der Waals surface area contributed by atoms with Crippen molar-refractivity contribution in [2.24, 2.45) is 23.7 Å². The molecule has 3 amide bonds. The number of likely N-dealkylation sites (tertiary alicyclic amines) is 1. The lowest BCUT2D eigenvalue weighted by molar-refractivity contribution is -0.150. The van der Waals surface area contributed by atoms with Gasteiger partial charge in [-0.3, -0.25) is 14.4 Å². The van der Waals surface area contributed by atoms with Gasteiger partial charge in [-0.25, -0.2) is 0 Å². The number of nitrogens with one attached hydrogen (secondary N) is 2. The topological polar surface area (TPSA) is 117 Å². The number of unbranched alkanes of at least 4 members (excludes halogenated alkanes) is 2. The number of carbonyl (C=O) groups is 3. The van der Waals surface area contributed by atoms with Gasteiger partial charge < -0.3 is 30.1 Å². The quantitative estimate of drug-likeness (QED) is 0.318. The first-order chi connectivity index (χ1) is 19.0. The second kappa shape index (κ2) is 12.1. The zero-order chi connectivity index (χ0) is 29.2. The molecule has 1 spiro atoms. The molecule has 40 heavy (non-hydrogen) atoms. The second-order valence-electron chi connectivity index (χ2n) is 12.4. The minimum Gasteiger partial charge on any atom is -0.494 e. The Morgan fingerprint density at radius 3 is 2.48 bits per heavy atom. The molecule has 9 heteroatoms. The maximum Gasteiger partial charge on any atom is 0.245 e. The summed E-state index contributed by atoms with van der Waals surface area (Å²) in [6, 6.07) is 5.69. The van der Waals surface area contributed by atoms with Crippen molar-refractivity contribution in [2.45, 2.75) is 96.9 Å². The first-order valence-corrected chi connectivity index (χ1v) is 15.0. The van der Waals surface area contributed by atoms with Crippen molar-refractivity contribution in [1.82, 2.24) is 10.2 Å². The van der Waals surface area contributed by atoms with E-state index in [2.05, 4.69) is 17.6 Å². The number of carbonyl (C=O) groups excluding carboxylic acids is 3. The Balaban J connectivity index is 1.69. The highest BCUT2D eigenvalue weighted by Gasteiger charge is 2.80. The van der Waals surface area contributed by atoms with Crippen LogP contribution in [0.5, 0.6) is 5.75 Å². The van der Waals surface area contributed by atoms with Crippen molar-refractivity contribution in [2.75, 3.05) is 25.1 Å². The molecule has 222 valence electrons. The van der Waals surface area contributed by atoms with Crippen LogP contribution in [0, 0.1) is 23.7 Å². The Morgan fingerprint density at radius 1 is 1.18 bits per heavy atom. The largest absolute Gasteiger partial charge is 0.494 e. The van der Waals surface area contributed by atoms with Crippen LogP contribution in [0.2, 0.25) is 0 Å². The van der Waals surface area contributed by atoms with E-state index in [0.29, 0.717) is 37.4 Å². The maximum atomic E-state index is 14.3. The zero-order valence-corrected chi connectivity index (χ0v) is 24.9. The molecule has 1 aromatic carbocycles. The van der Waals surface area contributed by atoms with Crippen molar-refractivity contribution < 1.29 is 29.0 Å². The lowest BCUT2D eigenvalue weighted by Gasteiger charge is -2.37. The molecule has 4 rings (SSSR count). The summed E-state index contributed by atoms with van der Waals surface area (Å²) in [6.07, 6.45) is 3.90. The highest BCUT2D eigenvalue weighted by Crippen LogP contribution is 2.65. The van der Waals surface area contributed by atoms with E-state index in [9.17, 15) is 19.5 Å². The lowest BCUT2D eigenvalue weighted by atomic mass is 9.62. The SMILES string of the molecule is CCCCCNC(=O)C1N([C@@H](CO)CC(C)C)C(=O)[C@@H]2[C@@H](C(=O)Nc3ccc(OCC)cc3)[C@]3(C)OC12CC3C. The van der Waals surface area contributed by atoms with Gasteiger partial charge in [-0.2, -0.15) is 0 Å². The van der Waals surface area contributed by atoms with E-state index in [1.54, 1.807) is 29.2 Å². The number of fused-ring (bicyclic) bond motifs is 1. The number of aliphatic hydroxyl groups excluding tert-OH is 1. The molecule has 3 aliphatic heterocycles. The number of nitrogens with zero attached hydrogens (tertiary/aromatic N) is 1. The van der Waals surface area contributed by atoms with E-state index in [-0.39, 0.29) is 36.2 Å². The van der Waals surface area contributed by atoms with E-state index < -0.39 is 35.1 Å². The average molecular weight is 558 g/mol. The van der Waals surface area contributed by atoms with Crippen LogP contribution in [0.15, 0.2) is 24.3 Å². The number of ether oxygens (including phenoxy) is 2. The lowest BCUT2D eigenvalue weighted by Crippen LogP contribution is -2.58. The molecule has 0 radical (unpaired) electrons. The molecule has 3 aliphatic rings. The summed E-state index contributed by atoms with van der Waals surface area (Å²) in [6.45, 7) is 12.8. The summed E-state index contributed by atoms with van der Waals surface area (Å²) in [4.78, 5) is 43.7. The molecule has 9 nitrogen and oxygen atoms in total. The van der Waals surface area contributed by atoms with Gasteiger partial charge in [-0.1, -0.05) is 40.5 Å². The summed E-state index contributed by atoms with van der Waals surface area (Å²) in [5.74, 6) is -1.60. The predicted octanol–water partition coefficient (Wildman–Crippen LogP) is 3.75. The van der Waals surface area contributed by atoms with Gasteiger partial charge in [0.05, 0.1) is 36.7 Å². The molecule has 3 N–H and O–H groups in total. The van der Waals surface area contributed by atoms with Gasteiger partial charge in [0, 0.05) is 12.2 Å². The van der Waals surface area contributed by atoms with Crippen LogP contribution in [0.25, 0.3) is 0 Å². The second-order valence-corrected chi connectivity index (χ2v) is 12.4. The molecule has 0 aromatic heterocycles. The molecule has 0 aliphatic carbocycles. The Morgan fingerprint density at radius 2 is 1.88 bits per heavy atom. The molecule has 3 fully saturated rings. The van der Waals surface area contributed by atoms with Crippen LogP contribution in [-0.2, 0) is 19.1 Å². The number of hydrogen-bond acceptors (Lipinski definition) is 6. The fraction of sp³-hybridized carbons (Fsp3) is 0.710. The zero-order valence-electron chi connectivity index (χ0n) is 24.9. The molecular weight excluding hydrogens is 510 g/mol. The Bertz CT molecular complexity index is 1080. The summed E-state index contributed by atoms with van der Waals surface area (Å²) in [5.41, 5.74) is -1.44. The molecule has 7 atom stereocenters. The van der Waals surface area contributed by atoms with Crippen molar-refractivity contribution in [3.63, 3.8) is 0 Å². The number of rotatable bonds is 13. The minimum absolute atomic E-state index is 0.0550. The molecule has 0 saturated carbocycles. The number of anilines is 1. The number of hydrogen-bond donors (Lipinski definition) is 3. The van der Waals surface area contributed by atoms with Gasteiger partial charge in [-0.05, 0) is 69.2 Å². The van der Waals surface area contributed by atoms with Gasteiger partial charge in [0.15, 0.2) is 0 Å². The van der Waals surface area contributed by atoms with E-state index >= 15 is 0 Å². The van der Waals surface area contributed by atoms with Gasteiger partial charge in [0.2, 0.25) is 17.7 Å². The summed E-state index contributed by atoms with van der Waals surface area (Å²) in [5, 5.41) is 16.5. The van der Waals surface area contributed by atoms with E-state index in [4.69, 9.17) is 9.47 Å². The Labute approximate surface area is 238 Å². The van der Waals surface area contributed by atoms with Crippen LogP contribution in [0.1, 0.15) is 73.6 Å². The van der Waals surface area contributed by atoms with Gasteiger partial charge in [0.1, 0.15) is 17.4 Å². The van der Waals surface area contributed by atoms with Crippen molar-refractivity contribution in [3.8, 4) is 5.75 Å². The maximum absolute atomic E-state index is 14.3. The standard InChI is InChI=1S/C31H47N3O6/c1-7-9-10-15-32-28(37)26-31-17-20(5)30(6,40-31)24(25(31)29(38)34(26)22(18-35)16-19(3)4)27(36)33-21-11-13-23(14-12-21)39-8-2/h11-14,19-20,22,24-26,35H,7-10,15-18H2,1-6H3,(H,32,37)(H,33,36)/t20?,22-,24+,25+,26?,30-,31?/m1/s1. The molecule has 2 bridgehead atoms. The minimum atomic E-state index is -1.13. The molecular formula is C31H47N3O6. The van der Waals surface area contributed by atoms with Crippen LogP contribution in [-0.4, -0.2) is 70.8 Å². The predicted molar refractivity (Wildman–Crippen MR) is 153 cm³/mol. The Hall–Kier alpha value is -2.65. The number of aliphatic hydroxyl groups is 1. The number of amides is 3. The number of benzene rings is 1. The normalized spacial score (nSPS) is 31.4. The van der Waals surface area contributed by atoms with Gasteiger partial charge in [-0.15, -0.1) is 0 Å². The summed E-state index contributed by atoms with van der Waals surface area (Å²) >= 11 is 0. The fourth-order valence-corrected chi connectivity index (χ4v) is 7.29. The van der Waals surface area contributed by atoms with Crippen LogP contribution in [0.4, 0.5) is 5.69 Å². The van der Waals surface area contributed by atoms with E-state index in [1.165, 1.54) is 0 Å².